The molecule has 4 heteroatoms. The summed E-state index contributed by atoms with van der Waals surface area (Å²) < 4.78 is 14.3. The Morgan fingerprint density at radius 2 is 2.00 bits per heavy atom. The number of rotatable bonds is 6. The molecule has 0 fully saturated rings. The highest BCUT2D eigenvalue weighted by molar-refractivity contribution is 9.10. The average molecular weight is 304 g/mol. The van der Waals surface area contributed by atoms with E-state index in [2.05, 4.69) is 21.2 Å². The lowest BCUT2D eigenvalue weighted by atomic mass is 9.83. The monoisotopic (exact) mass is 303 g/mol. The molecule has 0 radical (unpaired) electrons. The van der Waals surface area contributed by atoms with Crippen LogP contribution < -0.4 is 5.32 Å². The molecule has 17 heavy (non-hydrogen) atoms. The molecule has 1 aromatic rings. The summed E-state index contributed by atoms with van der Waals surface area (Å²) in [5, 5.41) is 12.5. The molecule has 0 heterocycles. The molecule has 1 rings (SSSR count). The molecule has 0 aliphatic heterocycles. The van der Waals surface area contributed by atoms with Crippen LogP contribution >= 0.6 is 15.9 Å². The first-order chi connectivity index (χ1) is 8.08. The van der Waals surface area contributed by atoms with Crippen LogP contribution in [-0.4, -0.2) is 18.3 Å². The van der Waals surface area contributed by atoms with Crippen molar-refractivity contribution in [3.05, 3.63) is 28.5 Å². The maximum atomic E-state index is 13.6. The highest BCUT2D eigenvalue weighted by atomic mass is 79.9. The summed E-state index contributed by atoms with van der Waals surface area (Å²) in [5.41, 5.74) is 0.286. The standard InChI is InChI=1S/C13H19BrFNO/c1-3-13(4-2,9-17)8-16-12-10(14)6-5-7-11(12)15/h5-7,16-17H,3-4,8-9H2,1-2H3. The van der Waals surface area contributed by atoms with Gasteiger partial charge >= 0.3 is 0 Å². The molecule has 0 saturated carbocycles. The van der Waals surface area contributed by atoms with E-state index in [0.717, 1.165) is 12.8 Å². The van der Waals surface area contributed by atoms with Crippen molar-refractivity contribution in [3.8, 4) is 0 Å². The molecule has 0 spiro atoms. The lowest BCUT2D eigenvalue weighted by molar-refractivity contribution is 0.127. The van der Waals surface area contributed by atoms with Crippen molar-refractivity contribution >= 4 is 21.6 Å². The Hall–Kier alpha value is -0.610. The van der Waals surface area contributed by atoms with Crippen LogP contribution in [0.5, 0.6) is 0 Å². The molecule has 0 atom stereocenters. The molecule has 2 N–H and O–H groups in total. The minimum absolute atomic E-state index is 0.110. The molecular formula is C13H19BrFNO. The first kappa shape index (κ1) is 14.5. The zero-order valence-corrected chi connectivity index (χ0v) is 11.8. The van der Waals surface area contributed by atoms with Gasteiger partial charge in [-0.2, -0.15) is 0 Å². The quantitative estimate of drug-likeness (QED) is 0.838. The lowest BCUT2D eigenvalue weighted by Gasteiger charge is -2.30. The topological polar surface area (TPSA) is 32.3 Å². The van der Waals surface area contributed by atoms with Crippen molar-refractivity contribution in [2.24, 2.45) is 5.41 Å². The summed E-state index contributed by atoms with van der Waals surface area (Å²) in [6, 6.07) is 4.87. The molecule has 0 aliphatic carbocycles. The smallest absolute Gasteiger partial charge is 0.147 e. The fourth-order valence-electron chi connectivity index (χ4n) is 1.72. The van der Waals surface area contributed by atoms with Gasteiger partial charge in [-0.3, -0.25) is 0 Å². The van der Waals surface area contributed by atoms with E-state index < -0.39 is 0 Å². The van der Waals surface area contributed by atoms with E-state index in [0.29, 0.717) is 16.7 Å². The Labute approximate surface area is 110 Å². The predicted octanol–water partition coefficient (Wildman–Crippen LogP) is 3.80. The van der Waals surface area contributed by atoms with Crippen molar-refractivity contribution in [1.29, 1.82) is 0 Å². The summed E-state index contributed by atoms with van der Waals surface area (Å²) in [7, 11) is 0. The largest absolute Gasteiger partial charge is 0.396 e. The number of nitrogens with one attached hydrogen (secondary N) is 1. The van der Waals surface area contributed by atoms with Gasteiger partial charge < -0.3 is 10.4 Å². The van der Waals surface area contributed by atoms with Crippen molar-refractivity contribution in [1.82, 2.24) is 0 Å². The van der Waals surface area contributed by atoms with E-state index >= 15 is 0 Å². The van der Waals surface area contributed by atoms with Crippen LogP contribution in [0.2, 0.25) is 0 Å². The van der Waals surface area contributed by atoms with Crippen LogP contribution in [0.15, 0.2) is 22.7 Å². The number of benzene rings is 1. The molecule has 0 unspecified atom stereocenters. The molecule has 0 saturated heterocycles. The Bertz CT molecular complexity index is 338. The molecule has 0 aliphatic rings. The summed E-state index contributed by atoms with van der Waals surface area (Å²) in [4.78, 5) is 0. The second kappa shape index (κ2) is 6.36. The van der Waals surface area contributed by atoms with Gasteiger partial charge in [-0.15, -0.1) is 0 Å². The Kier molecular flexibility index (Phi) is 5.40. The highest BCUT2D eigenvalue weighted by Gasteiger charge is 2.25. The maximum absolute atomic E-state index is 13.6. The Morgan fingerprint density at radius 3 is 2.47 bits per heavy atom. The molecule has 0 amide bonds. The van der Waals surface area contributed by atoms with Gasteiger partial charge in [0.1, 0.15) is 5.82 Å². The van der Waals surface area contributed by atoms with Gasteiger partial charge in [0.05, 0.1) is 12.3 Å². The van der Waals surface area contributed by atoms with Crippen molar-refractivity contribution in [3.63, 3.8) is 0 Å². The van der Waals surface area contributed by atoms with Gasteiger partial charge in [0.15, 0.2) is 0 Å². The van der Waals surface area contributed by atoms with Crippen LogP contribution in [-0.2, 0) is 0 Å². The number of halogens is 2. The van der Waals surface area contributed by atoms with Gasteiger partial charge in [0, 0.05) is 16.4 Å². The van der Waals surface area contributed by atoms with Crippen molar-refractivity contribution in [2.45, 2.75) is 26.7 Å². The third kappa shape index (κ3) is 3.42. The van der Waals surface area contributed by atoms with Gasteiger partial charge in [0.25, 0.3) is 0 Å². The number of hydrogen-bond donors (Lipinski definition) is 2. The average Bonchev–Trinajstić information content (AvgIpc) is 2.34. The fourth-order valence-corrected chi connectivity index (χ4v) is 2.20. The second-order valence-corrected chi connectivity index (χ2v) is 5.17. The van der Waals surface area contributed by atoms with E-state index in [-0.39, 0.29) is 17.8 Å². The van der Waals surface area contributed by atoms with Crippen LogP contribution in [0.1, 0.15) is 26.7 Å². The van der Waals surface area contributed by atoms with Crippen molar-refractivity contribution < 1.29 is 9.50 Å². The van der Waals surface area contributed by atoms with Crippen LogP contribution in [0.25, 0.3) is 0 Å². The minimum Gasteiger partial charge on any atom is -0.396 e. The zero-order chi connectivity index (χ0) is 12.9. The molecule has 2 nitrogen and oxygen atoms in total. The van der Waals surface area contributed by atoms with E-state index in [1.807, 2.05) is 13.8 Å². The van der Waals surface area contributed by atoms with Gasteiger partial charge in [-0.05, 0) is 40.9 Å². The molecular weight excluding hydrogens is 285 g/mol. The summed E-state index contributed by atoms with van der Waals surface area (Å²) >= 11 is 3.32. The van der Waals surface area contributed by atoms with Gasteiger partial charge in [-0.25, -0.2) is 4.39 Å². The predicted molar refractivity (Wildman–Crippen MR) is 72.7 cm³/mol. The highest BCUT2D eigenvalue weighted by Crippen LogP contribution is 2.30. The molecule has 0 bridgehead atoms. The minimum atomic E-state index is -0.279. The number of para-hydroxylation sites is 1. The first-order valence-corrected chi connectivity index (χ1v) is 6.66. The van der Waals surface area contributed by atoms with Crippen LogP contribution in [0, 0.1) is 11.2 Å². The number of aliphatic hydroxyl groups excluding tert-OH is 1. The maximum Gasteiger partial charge on any atom is 0.147 e. The Morgan fingerprint density at radius 1 is 1.35 bits per heavy atom. The number of aliphatic hydroxyl groups is 1. The van der Waals surface area contributed by atoms with E-state index in [1.54, 1.807) is 12.1 Å². The SMILES string of the molecule is CCC(CC)(CO)CNc1c(F)cccc1Br. The van der Waals surface area contributed by atoms with Gasteiger partial charge in [0.2, 0.25) is 0 Å². The number of anilines is 1. The van der Waals surface area contributed by atoms with Gasteiger partial charge in [-0.1, -0.05) is 19.9 Å². The second-order valence-electron chi connectivity index (χ2n) is 4.32. The fraction of sp³-hybridized carbons (Fsp3) is 0.538. The summed E-state index contributed by atoms with van der Waals surface area (Å²) in [6.45, 7) is 4.75. The third-order valence-corrected chi connectivity index (χ3v) is 4.10. The Balaban J connectivity index is 2.79. The number of hydrogen-bond acceptors (Lipinski definition) is 2. The van der Waals surface area contributed by atoms with Crippen LogP contribution in [0.3, 0.4) is 0 Å². The van der Waals surface area contributed by atoms with E-state index in [9.17, 15) is 9.50 Å². The molecule has 1 aromatic carbocycles. The van der Waals surface area contributed by atoms with Crippen molar-refractivity contribution in [2.75, 3.05) is 18.5 Å². The molecule has 96 valence electrons. The third-order valence-electron chi connectivity index (χ3n) is 3.44. The van der Waals surface area contributed by atoms with E-state index in [1.165, 1.54) is 6.07 Å². The summed E-state index contributed by atoms with van der Waals surface area (Å²) in [5.74, 6) is -0.279. The first-order valence-electron chi connectivity index (χ1n) is 5.87. The van der Waals surface area contributed by atoms with Crippen LogP contribution in [0.4, 0.5) is 10.1 Å². The lowest BCUT2D eigenvalue weighted by Crippen LogP contribution is -2.32. The normalized spacial score (nSPS) is 11.6. The zero-order valence-electron chi connectivity index (χ0n) is 10.3. The van der Waals surface area contributed by atoms with E-state index in [4.69, 9.17) is 0 Å². The molecule has 0 aromatic heterocycles. The summed E-state index contributed by atoms with van der Waals surface area (Å²) in [6.07, 6.45) is 1.72.